The van der Waals surface area contributed by atoms with Crippen LogP contribution >= 0.6 is 31.9 Å². The molecule has 1 aromatic rings. The molecule has 7 heteroatoms. The van der Waals surface area contributed by atoms with Gasteiger partial charge in [0.1, 0.15) is 11.6 Å². The lowest BCUT2D eigenvalue weighted by molar-refractivity contribution is -0.139. The first kappa shape index (κ1) is 17.2. The quantitative estimate of drug-likeness (QED) is 0.741. The third kappa shape index (κ3) is 3.02. The standard InChI is InChI=1S/C17H16Br2N2O3/c1-9-12(18)7-13(19)16-20-14(17(22)23)8-15(21(9)16)10-3-5-11(24-2)6-4-10/h3-7,14-15H,8H2,1-2H3,(H,22,23). The maximum atomic E-state index is 11.6. The number of hydrogen-bond donors (Lipinski definition) is 1. The van der Waals surface area contributed by atoms with E-state index in [1.54, 1.807) is 7.11 Å². The zero-order valence-corrected chi connectivity index (χ0v) is 16.3. The molecule has 2 aliphatic heterocycles. The Morgan fingerprint density at radius 2 is 2.00 bits per heavy atom. The molecule has 3 rings (SSSR count). The summed E-state index contributed by atoms with van der Waals surface area (Å²) in [6.45, 7) is 1.99. The van der Waals surface area contributed by atoms with Crippen LogP contribution in [0.3, 0.4) is 0 Å². The van der Waals surface area contributed by atoms with Crippen molar-refractivity contribution >= 4 is 43.7 Å². The number of allylic oxidation sites excluding steroid dienone is 3. The number of nitrogens with zero attached hydrogens (tertiary/aromatic N) is 2. The van der Waals surface area contributed by atoms with Crippen LogP contribution in [0.15, 0.2) is 50.0 Å². The largest absolute Gasteiger partial charge is 0.497 e. The summed E-state index contributed by atoms with van der Waals surface area (Å²) in [5, 5.41) is 9.48. The summed E-state index contributed by atoms with van der Waals surface area (Å²) in [7, 11) is 1.62. The van der Waals surface area contributed by atoms with Crippen molar-refractivity contribution in [3.8, 4) is 5.75 Å². The van der Waals surface area contributed by atoms with Crippen molar-refractivity contribution < 1.29 is 14.6 Å². The normalized spacial score (nSPS) is 23.4. The molecule has 0 aromatic heterocycles. The molecular formula is C17H16Br2N2O3. The molecule has 126 valence electrons. The van der Waals surface area contributed by atoms with Gasteiger partial charge >= 0.3 is 5.97 Å². The summed E-state index contributed by atoms with van der Waals surface area (Å²) in [5.74, 6) is 0.508. The van der Waals surface area contributed by atoms with E-state index in [9.17, 15) is 9.90 Å². The van der Waals surface area contributed by atoms with Gasteiger partial charge < -0.3 is 14.7 Å². The van der Waals surface area contributed by atoms with Crippen LogP contribution in [0, 0.1) is 0 Å². The minimum Gasteiger partial charge on any atom is -0.497 e. The first-order valence-corrected chi connectivity index (χ1v) is 8.98. The summed E-state index contributed by atoms with van der Waals surface area (Å²) in [5.41, 5.74) is 2.03. The number of aliphatic imine (C=N–C) groups is 1. The monoisotopic (exact) mass is 454 g/mol. The van der Waals surface area contributed by atoms with Gasteiger partial charge in [-0.25, -0.2) is 4.79 Å². The number of hydrogen-bond acceptors (Lipinski definition) is 4. The van der Waals surface area contributed by atoms with Gasteiger partial charge in [0, 0.05) is 16.6 Å². The molecule has 1 N–H and O–H groups in total. The SMILES string of the molecule is COc1ccc(C2CC(C(=O)O)N=C3C(Br)=CC(Br)=C(C)N32)cc1. The highest BCUT2D eigenvalue weighted by atomic mass is 79.9. The molecule has 0 aliphatic carbocycles. The molecule has 0 bridgehead atoms. The van der Waals surface area contributed by atoms with Gasteiger partial charge in [0.15, 0.2) is 6.04 Å². The van der Waals surface area contributed by atoms with E-state index in [0.29, 0.717) is 12.3 Å². The highest BCUT2D eigenvalue weighted by Gasteiger charge is 2.38. The Kier molecular flexibility index (Phi) is 4.83. The summed E-state index contributed by atoms with van der Waals surface area (Å²) in [6, 6.07) is 6.84. The smallest absolute Gasteiger partial charge is 0.328 e. The van der Waals surface area contributed by atoms with Crippen LogP contribution in [0.2, 0.25) is 0 Å². The van der Waals surface area contributed by atoms with Crippen molar-refractivity contribution in [1.29, 1.82) is 0 Å². The molecule has 0 saturated carbocycles. The Labute approximate surface area is 157 Å². The molecule has 5 nitrogen and oxygen atoms in total. The van der Waals surface area contributed by atoms with Crippen LogP contribution in [-0.2, 0) is 4.79 Å². The van der Waals surface area contributed by atoms with Crippen molar-refractivity contribution in [2.24, 2.45) is 4.99 Å². The van der Waals surface area contributed by atoms with Crippen LogP contribution in [0.4, 0.5) is 0 Å². The Morgan fingerprint density at radius 1 is 1.33 bits per heavy atom. The number of methoxy groups -OCH3 is 1. The second-order valence-electron chi connectivity index (χ2n) is 5.63. The number of aliphatic carboxylic acids is 1. The molecule has 0 saturated heterocycles. The Hall–Kier alpha value is -1.60. The second kappa shape index (κ2) is 6.72. The fraction of sp³-hybridized carbons (Fsp3) is 0.294. The number of carbonyl (C=O) groups is 1. The molecule has 0 spiro atoms. The molecule has 0 fully saturated rings. The summed E-state index contributed by atoms with van der Waals surface area (Å²) < 4.78 is 6.93. The highest BCUT2D eigenvalue weighted by Crippen LogP contribution is 2.41. The number of ether oxygens (including phenoxy) is 1. The van der Waals surface area contributed by atoms with Crippen molar-refractivity contribution in [1.82, 2.24) is 4.90 Å². The zero-order valence-electron chi connectivity index (χ0n) is 13.2. The van der Waals surface area contributed by atoms with Crippen LogP contribution < -0.4 is 4.74 Å². The Morgan fingerprint density at radius 3 is 2.58 bits per heavy atom. The van der Waals surface area contributed by atoms with E-state index in [-0.39, 0.29) is 6.04 Å². The van der Waals surface area contributed by atoms with E-state index in [4.69, 9.17) is 4.74 Å². The predicted octanol–water partition coefficient (Wildman–Crippen LogP) is 4.21. The topological polar surface area (TPSA) is 62.1 Å². The number of fused-ring (bicyclic) bond motifs is 1. The third-order valence-corrected chi connectivity index (χ3v) is 5.61. The van der Waals surface area contributed by atoms with Gasteiger partial charge in [0.05, 0.1) is 17.6 Å². The van der Waals surface area contributed by atoms with Gasteiger partial charge in [0.25, 0.3) is 0 Å². The lowest BCUT2D eigenvalue weighted by Crippen LogP contribution is -2.43. The Balaban J connectivity index is 2.09. The maximum absolute atomic E-state index is 11.6. The molecule has 2 aliphatic rings. The number of benzene rings is 1. The average molecular weight is 456 g/mol. The minimum atomic E-state index is -0.910. The first-order chi connectivity index (χ1) is 11.4. The molecule has 2 heterocycles. The minimum absolute atomic E-state index is 0.113. The lowest BCUT2D eigenvalue weighted by Gasteiger charge is -2.41. The molecule has 2 unspecified atom stereocenters. The molecule has 2 atom stereocenters. The van der Waals surface area contributed by atoms with Gasteiger partial charge in [-0.2, -0.15) is 0 Å². The first-order valence-electron chi connectivity index (χ1n) is 7.40. The van der Waals surface area contributed by atoms with E-state index in [1.165, 1.54) is 0 Å². The summed E-state index contributed by atoms with van der Waals surface area (Å²) >= 11 is 7.07. The van der Waals surface area contributed by atoms with Gasteiger partial charge in [-0.1, -0.05) is 12.1 Å². The third-order valence-electron chi connectivity index (χ3n) is 4.22. The molecule has 1 aromatic carbocycles. The molecule has 0 amide bonds. The molecule has 0 radical (unpaired) electrons. The van der Waals surface area contributed by atoms with E-state index in [2.05, 4.69) is 41.8 Å². The van der Waals surface area contributed by atoms with Crippen LogP contribution in [-0.4, -0.2) is 35.0 Å². The number of halogens is 2. The highest BCUT2D eigenvalue weighted by molar-refractivity contribution is 9.12. The van der Waals surface area contributed by atoms with E-state index in [0.717, 1.165) is 26.0 Å². The van der Waals surface area contributed by atoms with Crippen LogP contribution in [0.1, 0.15) is 24.9 Å². The van der Waals surface area contributed by atoms with Gasteiger partial charge in [-0.15, -0.1) is 0 Å². The van der Waals surface area contributed by atoms with Gasteiger partial charge in [-0.3, -0.25) is 4.99 Å². The predicted molar refractivity (Wildman–Crippen MR) is 99.7 cm³/mol. The Bertz CT molecular complexity index is 769. The average Bonchev–Trinajstić information content (AvgIpc) is 2.58. The molecule has 24 heavy (non-hydrogen) atoms. The van der Waals surface area contributed by atoms with E-state index >= 15 is 0 Å². The van der Waals surface area contributed by atoms with Crippen LogP contribution in [0.25, 0.3) is 0 Å². The van der Waals surface area contributed by atoms with Gasteiger partial charge in [-0.05, 0) is 62.6 Å². The van der Waals surface area contributed by atoms with Crippen molar-refractivity contribution in [2.75, 3.05) is 7.11 Å². The number of rotatable bonds is 3. The fourth-order valence-corrected chi connectivity index (χ4v) is 4.21. The van der Waals surface area contributed by atoms with E-state index in [1.807, 2.05) is 37.3 Å². The second-order valence-corrected chi connectivity index (χ2v) is 7.34. The number of carboxylic acid groups (broad SMARTS) is 1. The van der Waals surface area contributed by atoms with Gasteiger partial charge in [0.2, 0.25) is 0 Å². The zero-order chi connectivity index (χ0) is 17.4. The fourth-order valence-electron chi connectivity index (χ4n) is 2.96. The van der Waals surface area contributed by atoms with E-state index < -0.39 is 12.0 Å². The molecular weight excluding hydrogens is 440 g/mol. The van der Waals surface area contributed by atoms with Crippen LogP contribution in [0.5, 0.6) is 5.75 Å². The maximum Gasteiger partial charge on any atom is 0.328 e. The van der Waals surface area contributed by atoms with Crippen molar-refractivity contribution in [3.05, 3.63) is 50.6 Å². The number of amidine groups is 1. The number of carboxylic acids is 1. The van der Waals surface area contributed by atoms with Crippen molar-refractivity contribution in [2.45, 2.75) is 25.4 Å². The summed E-state index contributed by atoms with van der Waals surface area (Å²) in [4.78, 5) is 18.1. The lowest BCUT2D eigenvalue weighted by atomic mass is 9.94. The van der Waals surface area contributed by atoms with Crippen molar-refractivity contribution in [3.63, 3.8) is 0 Å². The summed E-state index contributed by atoms with van der Waals surface area (Å²) in [6.07, 6.45) is 2.31.